The first-order valence-electron chi connectivity index (χ1n) is 6.51. The lowest BCUT2D eigenvalue weighted by Gasteiger charge is -2.28. The van der Waals surface area contributed by atoms with Gasteiger partial charge < -0.3 is 26.4 Å². The molecule has 1 aromatic heterocycles. The summed E-state index contributed by atoms with van der Waals surface area (Å²) in [6, 6.07) is 0. The van der Waals surface area contributed by atoms with E-state index < -0.39 is 47.4 Å². The van der Waals surface area contributed by atoms with Gasteiger partial charge in [-0.25, -0.2) is 9.18 Å². The standard InChI is InChI=1S/C13H17FN4O4/c1-3-4-13(16)9(20)8(6(2)19)22-11(13)18-5-7(14)10(15)17-12(18)21/h5-6,8-9,11,19-20H,16H2,1-2H3,(H2,15,17,21)/t6-,8-,9?,11-,13-/m1/s1. The third-order valence-electron chi connectivity index (χ3n) is 3.50. The van der Waals surface area contributed by atoms with Gasteiger partial charge in [-0.3, -0.25) is 4.57 Å². The molecule has 1 aliphatic heterocycles. The number of aliphatic hydroxyl groups is 2. The van der Waals surface area contributed by atoms with Crippen LogP contribution in [0.1, 0.15) is 20.1 Å². The smallest absolute Gasteiger partial charge is 0.351 e. The molecule has 0 radical (unpaired) electrons. The molecule has 0 bridgehead atoms. The van der Waals surface area contributed by atoms with Gasteiger partial charge in [-0.1, -0.05) is 5.92 Å². The minimum Gasteiger partial charge on any atom is -0.391 e. The molecule has 1 fully saturated rings. The largest absolute Gasteiger partial charge is 0.391 e. The third-order valence-corrected chi connectivity index (χ3v) is 3.50. The average molecular weight is 312 g/mol. The van der Waals surface area contributed by atoms with Crippen molar-refractivity contribution < 1.29 is 19.3 Å². The number of hydrogen-bond donors (Lipinski definition) is 4. The number of anilines is 1. The van der Waals surface area contributed by atoms with Crippen LogP contribution in [0.15, 0.2) is 11.0 Å². The molecule has 2 rings (SSSR count). The Hall–Kier alpha value is -1.99. The summed E-state index contributed by atoms with van der Waals surface area (Å²) in [6.07, 6.45) is -4.11. The lowest BCUT2D eigenvalue weighted by Crippen LogP contribution is -2.55. The molecule has 0 saturated carbocycles. The lowest BCUT2D eigenvalue weighted by atomic mass is 9.90. The molecule has 0 amide bonds. The Morgan fingerprint density at radius 2 is 2.27 bits per heavy atom. The van der Waals surface area contributed by atoms with Crippen molar-refractivity contribution in [1.82, 2.24) is 9.55 Å². The SMILES string of the molecule is CC#C[C@@]1(N)C(O)[C@@H]([C@@H](C)O)O[C@H]1n1cc(F)c(N)nc1=O. The second kappa shape index (κ2) is 5.66. The fourth-order valence-electron chi connectivity index (χ4n) is 2.40. The zero-order chi connectivity index (χ0) is 16.7. The summed E-state index contributed by atoms with van der Waals surface area (Å²) in [4.78, 5) is 15.3. The molecule has 9 heteroatoms. The molecular weight excluding hydrogens is 295 g/mol. The van der Waals surface area contributed by atoms with Gasteiger partial charge in [-0.05, 0) is 13.8 Å². The quantitative estimate of drug-likeness (QED) is 0.479. The molecule has 6 N–H and O–H groups in total. The van der Waals surface area contributed by atoms with Crippen LogP contribution in [0.3, 0.4) is 0 Å². The highest BCUT2D eigenvalue weighted by Crippen LogP contribution is 2.37. The maximum Gasteiger partial charge on any atom is 0.351 e. The van der Waals surface area contributed by atoms with Crippen molar-refractivity contribution in [3.8, 4) is 11.8 Å². The Morgan fingerprint density at radius 3 is 2.82 bits per heavy atom. The Kier molecular flexibility index (Phi) is 4.21. The van der Waals surface area contributed by atoms with Crippen LogP contribution < -0.4 is 17.2 Å². The predicted molar refractivity (Wildman–Crippen MR) is 74.8 cm³/mol. The highest BCUT2D eigenvalue weighted by Gasteiger charge is 2.55. The van der Waals surface area contributed by atoms with Gasteiger partial charge in [0.15, 0.2) is 23.4 Å². The first-order valence-corrected chi connectivity index (χ1v) is 6.51. The van der Waals surface area contributed by atoms with E-state index in [-0.39, 0.29) is 0 Å². The molecule has 8 nitrogen and oxygen atoms in total. The number of rotatable bonds is 2. The van der Waals surface area contributed by atoms with Crippen molar-refractivity contribution in [3.63, 3.8) is 0 Å². The van der Waals surface area contributed by atoms with Crippen molar-refractivity contribution in [3.05, 3.63) is 22.5 Å². The van der Waals surface area contributed by atoms with Gasteiger partial charge in [0.1, 0.15) is 12.2 Å². The highest BCUT2D eigenvalue weighted by molar-refractivity contribution is 5.29. The number of halogens is 1. The second-order valence-corrected chi connectivity index (χ2v) is 5.11. The summed E-state index contributed by atoms with van der Waals surface area (Å²) in [6.45, 7) is 2.87. The number of nitrogens with zero attached hydrogens (tertiary/aromatic N) is 2. The number of aromatic nitrogens is 2. The zero-order valence-electron chi connectivity index (χ0n) is 12.0. The molecule has 5 atom stereocenters. The van der Waals surface area contributed by atoms with Gasteiger partial charge in [0.25, 0.3) is 0 Å². The first kappa shape index (κ1) is 16.4. The normalized spacial score (nSPS) is 32.4. The van der Waals surface area contributed by atoms with Crippen LogP contribution >= 0.6 is 0 Å². The van der Waals surface area contributed by atoms with Gasteiger partial charge in [-0.2, -0.15) is 4.98 Å². The fourth-order valence-corrected chi connectivity index (χ4v) is 2.40. The monoisotopic (exact) mass is 312 g/mol. The van der Waals surface area contributed by atoms with Gasteiger partial charge in [0.05, 0.1) is 12.3 Å². The van der Waals surface area contributed by atoms with E-state index in [0.717, 1.165) is 10.8 Å². The van der Waals surface area contributed by atoms with Crippen molar-refractivity contribution in [2.45, 2.75) is 43.9 Å². The van der Waals surface area contributed by atoms with Crippen LogP contribution in [0.25, 0.3) is 0 Å². The van der Waals surface area contributed by atoms with E-state index in [0.29, 0.717) is 0 Å². The Morgan fingerprint density at radius 1 is 1.64 bits per heavy atom. The number of aliphatic hydroxyl groups excluding tert-OH is 2. The lowest BCUT2D eigenvalue weighted by molar-refractivity contribution is -0.0780. The third kappa shape index (κ3) is 2.46. The molecule has 1 aromatic rings. The van der Waals surface area contributed by atoms with Crippen molar-refractivity contribution in [2.24, 2.45) is 5.73 Å². The van der Waals surface area contributed by atoms with E-state index in [4.69, 9.17) is 16.2 Å². The summed E-state index contributed by atoms with van der Waals surface area (Å²) >= 11 is 0. The fraction of sp³-hybridized carbons (Fsp3) is 0.538. The summed E-state index contributed by atoms with van der Waals surface area (Å²) in [5.74, 6) is 3.60. The van der Waals surface area contributed by atoms with Crippen molar-refractivity contribution in [2.75, 3.05) is 5.73 Å². The minimum absolute atomic E-state index is 0.559. The zero-order valence-corrected chi connectivity index (χ0v) is 12.0. The molecule has 22 heavy (non-hydrogen) atoms. The van der Waals surface area contributed by atoms with E-state index >= 15 is 0 Å². The Bertz CT molecular complexity index is 696. The molecule has 1 unspecified atom stereocenters. The van der Waals surface area contributed by atoms with E-state index in [1.165, 1.54) is 13.8 Å². The Balaban J connectivity index is 2.59. The summed E-state index contributed by atoms with van der Waals surface area (Å²) in [5.41, 5.74) is 8.68. The molecule has 1 aliphatic rings. The molecule has 120 valence electrons. The van der Waals surface area contributed by atoms with Crippen LogP contribution in [0.2, 0.25) is 0 Å². The predicted octanol–water partition coefficient (Wildman–Crippen LogP) is -1.68. The molecular formula is C13H17FN4O4. The minimum atomic E-state index is -1.72. The molecule has 1 saturated heterocycles. The summed E-state index contributed by atoms with van der Waals surface area (Å²) < 4.78 is 19.8. The van der Waals surface area contributed by atoms with Crippen molar-refractivity contribution in [1.29, 1.82) is 0 Å². The van der Waals surface area contributed by atoms with Crippen molar-refractivity contribution >= 4 is 5.82 Å². The van der Waals surface area contributed by atoms with Crippen LogP contribution in [0, 0.1) is 17.7 Å². The Labute approximate surface area is 125 Å². The van der Waals surface area contributed by atoms with Crippen LogP contribution in [0.4, 0.5) is 10.2 Å². The summed E-state index contributed by atoms with van der Waals surface area (Å²) in [5, 5.41) is 20.0. The highest BCUT2D eigenvalue weighted by atomic mass is 19.1. The van der Waals surface area contributed by atoms with Gasteiger partial charge in [-0.15, -0.1) is 5.92 Å². The summed E-state index contributed by atoms with van der Waals surface area (Å²) in [7, 11) is 0. The number of hydrogen-bond acceptors (Lipinski definition) is 7. The van der Waals surface area contributed by atoms with E-state index in [1.54, 1.807) is 0 Å². The number of ether oxygens (including phenoxy) is 1. The molecule has 2 heterocycles. The van der Waals surface area contributed by atoms with Gasteiger partial charge >= 0.3 is 5.69 Å². The molecule has 0 spiro atoms. The topological polar surface area (TPSA) is 137 Å². The van der Waals surface area contributed by atoms with Crippen LogP contribution in [-0.2, 0) is 4.74 Å². The van der Waals surface area contributed by atoms with E-state index in [2.05, 4.69) is 16.8 Å². The van der Waals surface area contributed by atoms with Crippen LogP contribution in [-0.4, -0.2) is 43.6 Å². The maximum atomic E-state index is 13.6. The first-order chi connectivity index (χ1) is 10.2. The number of nitrogen functional groups attached to an aromatic ring is 1. The van der Waals surface area contributed by atoms with E-state index in [9.17, 15) is 19.4 Å². The van der Waals surface area contributed by atoms with Crippen LogP contribution in [0.5, 0.6) is 0 Å². The molecule has 0 aromatic carbocycles. The molecule has 0 aliphatic carbocycles. The average Bonchev–Trinajstić information content (AvgIpc) is 2.68. The van der Waals surface area contributed by atoms with Gasteiger partial charge in [0, 0.05) is 0 Å². The number of nitrogens with two attached hydrogens (primary N) is 2. The second-order valence-electron chi connectivity index (χ2n) is 5.11. The van der Waals surface area contributed by atoms with Gasteiger partial charge in [0.2, 0.25) is 0 Å². The van der Waals surface area contributed by atoms with E-state index in [1.807, 2.05) is 0 Å². The maximum absolute atomic E-state index is 13.6.